The van der Waals surface area contributed by atoms with E-state index in [1.54, 1.807) is 11.0 Å². The molecule has 0 atom stereocenters. The summed E-state index contributed by atoms with van der Waals surface area (Å²) in [7, 11) is 0. The van der Waals surface area contributed by atoms with Gasteiger partial charge >= 0.3 is 12.3 Å². The van der Waals surface area contributed by atoms with Gasteiger partial charge in [-0.25, -0.2) is 9.18 Å². The van der Waals surface area contributed by atoms with E-state index in [1.165, 1.54) is 28.4 Å². The van der Waals surface area contributed by atoms with Crippen LogP contribution >= 0.6 is 11.3 Å². The molecule has 2 aliphatic heterocycles. The summed E-state index contributed by atoms with van der Waals surface area (Å²) >= 11 is 1.19. The second-order valence-electron chi connectivity index (χ2n) is 9.40. The maximum Gasteiger partial charge on any atom is 0.427 e. The Kier molecular flexibility index (Phi) is 6.89. The van der Waals surface area contributed by atoms with E-state index in [0.29, 0.717) is 72.8 Å². The van der Waals surface area contributed by atoms with Gasteiger partial charge in [-0.3, -0.25) is 9.69 Å². The van der Waals surface area contributed by atoms with Gasteiger partial charge < -0.3 is 20.3 Å². The molecule has 35 heavy (non-hydrogen) atoms. The van der Waals surface area contributed by atoms with Crippen LogP contribution in [0.3, 0.4) is 0 Å². The van der Waals surface area contributed by atoms with Gasteiger partial charge in [-0.05, 0) is 44.9 Å². The number of alkyl halides is 3. The molecule has 0 unspecified atom stereocenters. The highest BCUT2D eigenvalue weighted by atomic mass is 32.1. The van der Waals surface area contributed by atoms with Crippen LogP contribution in [0, 0.1) is 5.82 Å². The molecule has 1 aromatic carbocycles. The Labute approximate surface area is 204 Å². The van der Waals surface area contributed by atoms with Crippen LogP contribution in [-0.4, -0.2) is 83.8 Å². The van der Waals surface area contributed by atoms with Gasteiger partial charge in [-0.2, -0.15) is 13.2 Å². The second kappa shape index (κ2) is 9.45. The number of likely N-dealkylation sites (tertiary alicyclic amines) is 1. The predicted molar refractivity (Wildman–Crippen MR) is 125 cm³/mol. The zero-order chi connectivity index (χ0) is 25.5. The van der Waals surface area contributed by atoms with Crippen molar-refractivity contribution in [2.45, 2.75) is 44.5 Å². The van der Waals surface area contributed by atoms with Crippen LogP contribution in [0.5, 0.6) is 0 Å². The molecule has 0 bridgehead atoms. The van der Waals surface area contributed by atoms with Crippen LogP contribution in [0.15, 0.2) is 18.2 Å². The van der Waals surface area contributed by atoms with Gasteiger partial charge in [0, 0.05) is 55.4 Å². The lowest BCUT2D eigenvalue weighted by molar-refractivity contribution is -0.246. The monoisotopic (exact) mass is 516 g/mol. The fraction of sp³-hybridized carbons (Fsp3) is 0.565. The van der Waals surface area contributed by atoms with E-state index in [4.69, 9.17) is 10.5 Å². The molecule has 0 saturated carbocycles. The Balaban J connectivity index is 1.30. The van der Waals surface area contributed by atoms with E-state index in [1.807, 2.05) is 0 Å². The van der Waals surface area contributed by atoms with Gasteiger partial charge in [-0.1, -0.05) is 0 Å². The van der Waals surface area contributed by atoms with Crippen molar-refractivity contribution in [3.05, 3.63) is 29.6 Å². The van der Waals surface area contributed by atoms with Gasteiger partial charge in [0.05, 0.1) is 10.6 Å². The van der Waals surface area contributed by atoms with Crippen molar-refractivity contribution in [3.63, 3.8) is 0 Å². The number of rotatable bonds is 3. The van der Waals surface area contributed by atoms with Gasteiger partial charge in [0.25, 0.3) is 5.91 Å². The summed E-state index contributed by atoms with van der Waals surface area (Å²) in [6, 6.07) is 4.43. The van der Waals surface area contributed by atoms with Crippen LogP contribution in [0.25, 0.3) is 10.1 Å². The maximum absolute atomic E-state index is 13.5. The molecule has 2 N–H and O–H groups in total. The molecule has 2 fully saturated rings. The average Bonchev–Trinajstić information content (AvgIpc) is 3.12. The van der Waals surface area contributed by atoms with Gasteiger partial charge in [-0.15, -0.1) is 11.3 Å². The van der Waals surface area contributed by atoms with Crippen molar-refractivity contribution in [1.29, 1.82) is 0 Å². The zero-order valence-corrected chi connectivity index (χ0v) is 20.3. The predicted octanol–water partition coefficient (Wildman–Crippen LogP) is 4.32. The molecule has 0 radical (unpaired) electrons. The number of nitrogens with zero attached hydrogens (tertiary/aromatic N) is 3. The van der Waals surface area contributed by atoms with Crippen LogP contribution < -0.4 is 5.73 Å². The number of anilines is 1. The number of piperidine rings is 1. The summed E-state index contributed by atoms with van der Waals surface area (Å²) < 4.78 is 57.9. The average molecular weight is 517 g/mol. The molecule has 12 heteroatoms. The molecule has 2 aromatic rings. The van der Waals surface area contributed by atoms with Gasteiger partial charge in [0.15, 0.2) is 0 Å². The zero-order valence-electron chi connectivity index (χ0n) is 19.5. The SMILES string of the molecule is CC(C)(OC(=O)N1CCC(N2CCN(C(=O)c3c(N)sc4cc(F)ccc34)CC2)CC1)C(F)(F)F. The quantitative estimate of drug-likeness (QED) is 0.615. The lowest BCUT2D eigenvalue weighted by Crippen LogP contribution is -2.55. The molecule has 192 valence electrons. The molecule has 1 aromatic heterocycles. The number of halogens is 4. The van der Waals surface area contributed by atoms with Crippen molar-refractivity contribution in [2.75, 3.05) is 45.0 Å². The van der Waals surface area contributed by atoms with Crippen LogP contribution in [-0.2, 0) is 4.74 Å². The lowest BCUT2D eigenvalue weighted by atomic mass is 10.0. The fourth-order valence-corrected chi connectivity index (χ4v) is 5.50. The molecule has 2 aliphatic rings. The number of hydrogen-bond donors (Lipinski definition) is 1. The number of nitrogens with two attached hydrogens (primary N) is 1. The Bertz CT molecular complexity index is 1100. The number of nitrogen functional groups attached to an aromatic ring is 1. The first-order valence-electron chi connectivity index (χ1n) is 11.4. The smallest absolute Gasteiger partial charge is 0.427 e. The van der Waals surface area contributed by atoms with E-state index in [2.05, 4.69) is 4.90 Å². The van der Waals surface area contributed by atoms with Crippen molar-refractivity contribution >= 4 is 38.4 Å². The fourth-order valence-electron chi connectivity index (χ4n) is 4.51. The minimum Gasteiger partial charge on any atom is -0.434 e. The third kappa shape index (κ3) is 5.18. The summed E-state index contributed by atoms with van der Waals surface area (Å²) in [5, 5.41) is 1.01. The van der Waals surface area contributed by atoms with Crippen LogP contribution in [0.1, 0.15) is 37.0 Å². The molecule has 7 nitrogen and oxygen atoms in total. The second-order valence-corrected chi connectivity index (χ2v) is 10.5. The van der Waals surface area contributed by atoms with Gasteiger partial charge in [0.1, 0.15) is 5.82 Å². The van der Waals surface area contributed by atoms with Crippen LogP contribution in [0.2, 0.25) is 0 Å². The summed E-state index contributed by atoms with van der Waals surface area (Å²) in [6.45, 7) is 4.57. The number of piperazine rings is 1. The van der Waals surface area contributed by atoms with Crippen molar-refractivity contribution in [2.24, 2.45) is 0 Å². The number of carbonyl (C=O) groups excluding carboxylic acids is 2. The standard InChI is InChI=1S/C23H28F4N4O3S/c1-22(2,23(25,26)27)34-21(33)31-7-5-15(6-8-31)29-9-11-30(12-10-29)20(32)18-16-4-3-14(24)13-17(16)35-19(18)28/h3-4,13,15H,5-12,28H2,1-2H3. The third-order valence-electron chi connectivity index (χ3n) is 6.76. The number of hydrogen-bond acceptors (Lipinski definition) is 6. The highest BCUT2D eigenvalue weighted by Crippen LogP contribution is 2.36. The first-order chi connectivity index (χ1) is 16.4. The van der Waals surface area contributed by atoms with E-state index >= 15 is 0 Å². The molecule has 2 saturated heterocycles. The van der Waals surface area contributed by atoms with Crippen molar-refractivity contribution in [1.82, 2.24) is 14.7 Å². The molecular weight excluding hydrogens is 488 g/mol. The molecule has 4 rings (SSSR count). The summed E-state index contributed by atoms with van der Waals surface area (Å²) in [4.78, 5) is 30.7. The van der Waals surface area contributed by atoms with E-state index in [0.717, 1.165) is 13.8 Å². The first-order valence-corrected chi connectivity index (χ1v) is 12.2. The number of carbonyl (C=O) groups is 2. The topological polar surface area (TPSA) is 79.1 Å². The largest absolute Gasteiger partial charge is 0.434 e. The Morgan fingerprint density at radius 1 is 1.03 bits per heavy atom. The Morgan fingerprint density at radius 2 is 1.66 bits per heavy atom. The molecule has 2 amide bonds. The number of thiophene rings is 1. The number of benzene rings is 1. The highest BCUT2D eigenvalue weighted by molar-refractivity contribution is 7.23. The first kappa shape index (κ1) is 25.5. The minimum atomic E-state index is -4.64. The molecular formula is C23H28F4N4O3S. The number of amides is 2. The van der Waals surface area contributed by atoms with Gasteiger partial charge in [0.2, 0.25) is 5.60 Å². The highest BCUT2D eigenvalue weighted by Gasteiger charge is 2.51. The number of ether oxygens (including phenoxy) is 1. The number of fused-ring (bicyclic) bond motifs is 1. The molecule has 3 heterocycles. The van der Waals surface area contributed by atoms with Crippen LogP contribution in [0.4, 0.5) is 27.4 Å². The van der Waals surface area contributed by atoms with E-state index in [9.17, 15) is 27.2 Å². The summed E-state index contributed by atoms with van der Waals surface area (Å²) in [5.74, 6) is -0.556. The Hall–Kier alpha value is -2.60. The van der Waals surface area contributed by atoms with Crippen molar-refractivity contribution < 1.29 is 31.9 Å². The third-order valence-corrected chi connectivity index (χ3v) is 7.74. The molecule has 0 aliphatic carbocycles. The van der Waals surface area contributed by atoms with E-state index < -0.39 is 17.9 Å². The lowest BCUT2D eigenvalue weighted by Gasteiger charge is -2.43. The summed E-state index contributed by atoms with van der Waals surface area (Å²) in [6.07, 6.45) is -4.37. The van der Waals surface area contributed by atoms with Crippen molar-refractivity contribution in [3.8, 4) is 0 Å². The molecule has 0 spiro atoms. The normalized spacial score (nSPS) is 18.8. The Morgan fingerprint density at radius 3 is 2.26 bits per heavy atom. The summed E-state index contributed by atoms with van der Waals surface area (Å²) in [5.41, 5.74) is 3.95. The minimum absolute atomic E-state index is 0.168. The van der Waals surface area contributed by atoms with E-state index in [-0.39, 0.29) is 17.8 Å². The maximum atomic E-state index is 13.5.